The van der Waals surface area contributed by atoms with Crippen molar-refractivity contribution in [1.29, 1.82) is 0 Å². The van der Waals surface area contributed by atoms with E-state index in [2.05, 4.69) is 31.0 Å². The summed E-state index contributed by atoms with van der Waals surface area (Å²) < 4.78 is 0. The minimum Gasteiger partial charge on any atom is -0.336 e. The third kappa shape index (κ3) is 4.11. The first-order chi connectivity index (χ1) is 9.58. The Balaban J connectivity index is 1.72. The first kappa shape index (κ1) is 15.6. The van der Waals surface area contributed by atoms with E-state index in [-0.39, 0.29) is 6.03 Å². The van der Waals surface area contributed by atoms with Crippen LogP contribution in [0.15, 0.2) is 0 Å². The zero-order chi connectivity index (χ0) is 14.5. The van der Waals surface area contributed by atoms with Crippen LogP contribution in [0.1, 0.15) is 52.9 Å². The first-order valence-corrected chi connectivity index (χ1v) is 8.36. The molecule has 0 saturated carbocycles. The maximum Gasteiger partial charge on any atom is 0.317 e. The lowest BCUT2D eigenvalue weighted by Gasteiger charge is -2.36. The Hall–Kier alpha value is -0.770. The number of likely N-dealkylation sites (tertiary alicyclic amines) is 2. The van der Waals surface area contributed by atoms with Crippen LogP contribution in [0, 0.1) is 5.92 Å². The summed E-state index contributed by atoms with van der Waals surface area (Å²) in [4.78, 5) is 16.8. The van der Waals surface area contributed by atoms with Crippen molar-refractivity contribution in [1.82, 2.24) is 15.1 Å². The second kappa shape index (κ2) is 7.30. The van der Waals surface area contributed by atoms with Crippen molar-refractivity contribution in [3.8, 4) is 0 Å². The van der Waals surface area contributed by atoms with E-state index < -0.39 is 0 Å². The average Bonchev–Trinajstić information content (AvgIpc) is 2.45. The molecule has 4 nitrogen and oxygen atoms in total. The Bertz CT molecular complexity index is 313. The summed E-state index contributed by atoms with van der Waals surface area (Å²) in [5, 5.41) is 3.14. The van der Waals surface area contributed by atoms with Crippen molar-refractivity contribution in [2.24, 2.45) is 5.92 Å². The predicted octanol–water partition coefficient (Wildman–Crippen LogP) is 2.69. The molecular weight excluding hydrogens is 250 g/mol. The van der Waals surface area contributed by atoms with E-state index in [1.165, 1.54) is 32.4 Å². The van der Waals surface area contributed by atoms with Crippen LogP contribution in [-0.4, -0.2) is 54.1 Å². The number of carbonyl (C=O) groups is 1. The molecule has 20 heavy (non-hydrogen) atoms. The summed E-state index contributed by atoms with van der Waals surface area (Å²) in [6.45, 7) is 10.8. The number of hydrogen-bond acceptors (Lipinski definition) is 2. The smallest absolute Gasteiger partial charge is 0.317 e. The Morgan fingerprint density at radius 3 is 2.50 bits per heavy atom. The van der Waals surface area contributed by atoms with Crippen LogP contribution in [0.2, 0.25) is 0 Å². The molecule has 0 aromatic rings. The van der Waals surface area contributed by atoms with Crippen molar-refractivity contribution in [2.75, 3.05) is 26.2 Å². The summed E-state index contributed by atoms with van der Waals surface area (Å²) in [5.74, 6) is 0.863. The Labute approximate surface area is 123 Å². The summed E-state index contributed by atoms with van der Waals surface area (Å²) >= 11 is 0. The van der Waals surface area contributed by atoms with Crippen LogP contribution in [-0.2, 0) is 0 Å². The molecular formula is C16H31N3O. The molecule has 2 fully saturated rings. The van der Waals surface area contributed by atoms with E-state index in [1.807, 2.05) is 4.90 Å². The Morgan fingerprint density at radius 2 is 1.85 bits per heavy atom. The van der Waals surface area contributed by atoms with E-state index in [1.54, 1.807) is 0 Å². The number of hydrogen-bond donors (Lipinski definition) is 1. The maximum absolute atomic E-state index is 12.2. The fourth-order valence-electron chi connectivity index (χ4n) is 3.33. The number of urea groups is 1. The summed E-state index contributed by atoms with van der Waals surface area (Å²) in [7, 11) is 0. The highest BCUT2D eigenvalue weighted by molar-refractivity contribution is 5.74. The van der Waals surface area contributed by atoms with Gasteiger partial charge in [-0.05, 0) is 65.0 Å². The van der Waals surface area contributed by atoms with Crippen LogP contribution in [0.3, 0.4) is 0 Å². The quantitative estimate of drug-likeness (QED) is 0.863. The van der Waals surface area contributed by atoms with Crippen LogP contribution in [0.5, 0.6) is 0 Å². The van der Waals surface area contributed by atoms with Crippen molar-refractivity contribution in [3.63, 3.8) is 0 Å². The van der Waals surface area contributed by atoms with Crippen molar-refractivity contribution < 1.29 is 4.79 Å². The van der Waals surface area contributed by atoms with Crippen LogP contribution in [0.25, 0.3) is 0 Å². The van der Waals surface area contributed by atoms with Gasteiger partial charge in [0.05, 0.1) is 0 Å². The maximum atomic E-state index is 12.2. The van der Waals surface area contributed by atoms with E-state index in [0.717, 1.165) is 31.8 Å². The van der Waals surface area contributed by atoms with Crippen molar-refractivity contribution in [3.05, 3.63) is 0 Å². The number of amides is 2. The molecule has 2 saturated heterocycles. The molecule has 0 spiro atoms. The number of carbonyl (C=O) groups excluding carboxylic acids is 1. The molecule has 116 valence electrons. The fourth-order valence-corrected chi connectivity index (χ4v) is 3.33. The zero-order valence-electron chi connectivity index (χ0n) is 13.4. The highest BCUT2D eigenvalue weighted by atomic mass is 16.2. The molecule has 0 aromatic heterocycles. The topological polar surface area (TPSA) is 35.6 Å². The highest BCUT2D eigenvalue weighted by Crippen LogP contribution is 2.18. The van der Waals surface area contributed by atoms with Crippen LogP contribution < -0.4 is 5.32 Å². The SMILES string of the molecule is CC1CCN(C(C)CNC(=O)N2CCCCC2C)CC1. The summed E-state index contributed by atoms with van der Waals surface area (Å²) in [6.07, 6.45) is 6.14. The average molecular weight is 281 g/mol. The molecule has 2 aliphatic rings. The molecule has 0 radical (unpaired) electrons. The molecule has 1 N–H and O–H groups in total. The monoisotopic (exact) mass is 281 g/mol. The zero-order valence-corrected chi connectivity index (χ0v) is 13.4. The standard InChI is InChI=1S/C16H31N3O/c1-13-7-10-18(11-8-13)15(3)12-17-16(20)19-9-5-4-6-14(19)2/h13-15H,4-12H2,1-3H3,(H,17,20). The predicted molar refractivity (Wildman–Crippen MR) is 82.9 cm³/mol. The fraction of sp³-hybridized carbons (Fsp3) is 0.938. The molecule has 2 amide bonds. The number of nitrogens with zero attached hydrogens (tertiary/aromatic N) is 2. The van der Waals surface area contributed by atoms with Gasteiger partial charge in [-0.1, -0.05) is 6.92 Å². The Morgan fingerprint density at radius 1 is 1.15 bits per heavy atom. The van der Waals surface area contributed by atoms with Gasteiger partial charge in [-0.2, -0.15) is 0 Å². The molecule has 2 atom stereocenters. The third-order valence-corrected chi connectivity index (χ3v) is 5.05. The summed E-state index contributed by atoms with van der Waals surface area (Å²) in [6, 6.07) is 0.982. The highest BCUT2D eigenvalue weighted by Gasteiger charge is 2.24. The number of nitrogens with one attached hydrogen (secondary N) is 1. The molecule has 2 heterocycles. The largest absolute Gasteiger partial charge is 0.336 e. The lowest BCUT2D eigenvalue weighted by Crippen LogP contribution is -2.51. The van der Waals surface area contributed by atoms with Gasteiger partial charge >= 0.3 is 6.03 Å². The van der Waals surface area contributed by atoms with E-state index >= 15 is 0 Å². The molecule has 0 aromatic carbocycles. The number of piperidine rings is 2. The van der Waals surface area contributed by atoms with E-state index in [9.17, 15) is 4.79 Å². The Kier molecular flexibility index (Phi) is 5.70. The van der Waals surface area contributed by atoms with Gasteiger partial charge in [-0.25, -0.2) is 4.79 Å². The van der Waals surface area contributed by atoms with Gasteiger partial charge in [-0.15, -0.1) is 0 Å². The van der Waals surface area contributed by atoms with Crippen LogP contribution in [0.4, 0.5) is 4.79 Å². The lowest BCUT2D eigenvalue weighted by atomic mass is 9.98. The minimum atomic E-state index is 0.134. The molecule has 2 unspecified atom stereocenters. The van der Waals surface area contributed by atoms with Gasteiger partial charge in [0.1, 0.15) is 0 Å². The van der Waals surface area contributed by atoms with Gasteiger partial charge in [0, 0.05) is 25.2 Å². The minimum absolute atomic E-state index is 0.134. The molecule has 2 rings (SSSR count). The normalized spacial score (nSPS) is 27.4. The van der Waals surface area contributed by atoms with Crippen molar-refractivity contribution >= 4 is 6.03 Å². The summed E-state index contributed by atoms with van der Waals surface area (Å²) in [5.41, 5.74) is 0. The molecule has 0 aliphatic carbocycles. The van der Waals surface area contributed by atoms with Gasteiger partial charge in [0.15, 0.2) is 0 Å². The molecule has 0 bridgehead atoms. The van der Waals surface area contributed by atoms with E-state index in [4.69, 9.17) is 0 Å². The number of rotatable bonds is 3. The molecule has 4 heteroatoms. The van der Waals surface area contributed by atoms with Gasteiger partial charge in [0.2, 0.25) is 0 Å². The van der Waals surface area contributed by atoms with Gasteiger partial charge in [0.25, 0.3) is 0 Å². The van der Waals surface area contributed by atoms with Crippen molar-refractivity contribution in [2.45, 2.75) is 65.0 Å². The first-order valence-electron chi connectivity index (χ1n) is 8.36. The third-order valence-electron chi connectivity index (χ3n) is 5.05. The lowest BCUT2D eigenvalue weighted by molar-refractivity contribution is 0.134. The van der Waals surface area contributed by atoms with Crippen LogP contribution >= 0.6 is 0 Å². The van der Waals surface area contributed by atoms with Gasteiger partial charge < -0.3 is 10.2 Å². The van der Waals surface area contributed by atoms with Gasteiger partial charge in [-0.3, -0.25) is 4.90 Å². The van der Waals surface area contributed by atoms with E-state index in [0.29, 0.717) is 12.1 Å². The molecule has 2 aliphatic heterocycles. The second-order valence-corrected chi connectivity index (χ2v) is 6.79. The second-order valence-electron chi connectivity index (χ2n) is 6.79.